The Labute approximate surface area is 117 Å². The predicted molar refractivity (Wildman–Crippen MR) is 79.1 cm³/mol. The molecular formula is C15H17FN4. The van der Waals surface area contributed by atoms with Gasteiger partial charge in [0.2, 0.25) is 0 Å². The van der Waals surface area contributed by atoms with Crippen LogP contribution in [0.4, 0.5) is 15.9 Å². The molecule has 0 saturated carbocycles. The zero-order valence-electron chi connectivity index (χ0n) is 11.5. The number of amidine groups is 1. The number of halogens is 1. The number of aromatic nitrogens is 1. The Morgan fingerprint density at radius 3 is 2.75 bits per heavy atom. The summed E-state index contributed by atoms with van der Waals surface area (Å²) in [4.78, 5) is 6.16. The Kier molecular flexibility index (Phi) is 3.98. The van der Waals surface area contributed by atoms with E-state index in [1.165, 1.54) is 12.1 Å². The predicted octanol–water partition coefficient (Wildman–Crippen LogP) is 2.97. The van der Waals surface area contributed by atoms with Crippen LogP contribution in [0.25, 0.3) is 0 Å². The SMILES string of the molecule is CCN(c1cccc(F)c1)c1nccc(C)c1C(=N)N. The number of pyridine rings is 1. The normalized spacial score (nSPS) is 10.3. The third-order valence-corrected chi connectivity index (χ3v) is 3.10. The van der Waals surface area contributed by atoms with E-state index in [0.29, 0.717) is 23.6 Å². The van der Waals surface area contributed by atoms with Crippen molar-refractivity contribution in [3.8, 4) is 0 Å². The Bertz CT molecular complexity index is 640. The van der Waals surface area contributed by atoms with Gasteiger partial charge in [-0.05, 0) is 43.7 Å². The summed E-state index contributed by atoms with van der Waals surface area (Å²) >= 11 is 0. The molecule has 0 aliphatic carbocycles. The molecule has 1 aromatic heterocycles. The fourth-order valence-electron chi connectivity index (χ4n) is 2.18. The van der Waals surface area contributed by atoms with Crippen LogP contribution in [0.1, 0.15) is 18.1 Å². The largest absolute Gasteiger partial charge is 0.384 e. The summed E-state index contributed by atoms with van der Waals surface area (Å²) in [7, 11) is 0. The molecule has 1 heterocycles. The fraction of sp³-hybridized carbons (Fsp3) is 0.200. The molecule has 0 spiro atoms. The third-order valence-electron chi connectivity index (χ3n) is 3.10. The van der Waals surface area contributed by atoms with Crippen molar-refractivity contribution in [2.75, 3.05) is 11.4 Å². The summed E-state index contributed by atoms with van der Waals surface area (Å²) in [6, 6.07) is 8.10. The molecule has 2 rings (SSSR count). The van der Waals surface area contributed by atoms with Gasteiger partial charge in [-0.25, -0.2) is 9.37 Å². The van der Waals surface area contributed by atoms with Gasteiger partial charge in [0.1, 0.15) is 17.5 Å². The Morgan fingerprint density at radius 1 is 1.40 bits per heavy atom. The van der Waals surface area contributed by atoms with Gasteiger partial charge in [-0.2, -0.15) is 0 Å². The fourth-order valence-corrected chi connectivity index (χ4v) is 2.18. The van der Waals surface area contributed by atoms with Crippen molar-refractivity contribution in [3.05, 3.63) is 53.5 Å². The van der Waals surface area contributed by atoms with Crippen molar-refractivity contribution in [1.29, 1.82) is 5.41 Å². The third kappa shape index (κ3) is 2.61. The van der Waals surface area contributed by atoms with Crippen LogP contribution in [-0.4, -0.2) is 17.4 Å². The number of hydrogen-bond donors (Lipinski definition) is 2. The maximum atomic E-state index is 13.4. The summed E-state index contributed by atoms with van der Waals surface area (Å²) in [5.41, 5.74) is 7.80. The summed E-state index contributed by atoms with van der Waals surface area (Å²) in [6.07, 6.45) is 1.67. The first-order valence-corrected chi connectivity index (χ1v) is 6.37. The van der Waals surface area contributed by atoms with E-state index in [2.05, 4.69) is 4.98 Å². The van der Waals surface area contributed by atoms with E-state index in [1.54, 1.807) is 24.4 Å². The molecule has 2 aromatic rings. The molecule has 0 fully saturated rings. The minimum Gasteiger partial charge on any atom is -0.384 e. The summed E-state index contributed by atoms with van der Waals surface area (Å²) in [5, 5.41) is 7.73. The molecule has 0 unspecified atom stereocenters. The zero-order valence-corrected chi connectivity index (χ0v) is 11.5. The standard InChI is InChI=1S/C15H17FN4/c1-3-20(12-6-4-5-11(16)9-12)15-13(14(17)18)10(2)7-8-19-15/h4-9H,3H2,1-2H3,(H3,17,18). The number of nitrogens with zero attached hydrogens (tertiary/aromatic N) is 2. The van der Waals surface area contributed by atoms with Crippen LogP contribution < -0.4 is 10.6 Å². The Balaban J connectivity index is 2.58. The monoisotopic (exact) mass is 272 g/mol. The molecule has 0 amide bonds. The smallest absolute Gasteiger partial charge is 0.144 e. The minimum atomic E-state index is -0.307. The topological polar surface area (TPSA) is 66.0 Å². The molecule has 0 aliphatic heterocycles. The highest BCUT2D eigenvalue weighted by molar-refractivity contribution is 6.01. The van der Waals surface area contributed by atoms with Crippen molar-refractivity contribution >= 4 is 17.3 Å². The van der Waals surface area contributed by atoms with Gasteiger partial charge in [-0.15, -0.1) is 0 Å². The van der Waals surface area contributed by atoms with Gasteiger partial charge in [0.05, 0.1) is 5.56 Å². The van der Waals surface area contributed by atoms with Gasteiger partial charge < -0.3 is 10.6 Å². The second kappa shape index (κ2) is 5.69. The summed E-state index contributed by atoms with van der Waals surface area (Å²) in [5.74, 6) is 0.226. The van der Waals surface area contributed by atoms with Crippen LogP contribution in [-0.2, 0) is 0 Å². The summed E-state index contributed by atoms with van der Waals surface area (Å²) < 4.78 is 13.4. The number of hydrogen-bond acceptors (Lipinski definition) is 3. The van der Waals surface area contributed by atoms with Crippen LogP contribution >= 0.6 is 0 Å². The number of nitrogen functional groups attached to an aromatic ring is 1. The molecule has 0 radical (unpaired) electrons. The van der Waals surface area contributed by atoms with Crippen molar-refractivity contribution < 1.29 is 4.39 Å². The molecule has 20 heavy (non-hydrogen) atoms. The number of aryl methyl sites for hydroxylation is 1. The van der Waals surface area contributed by atoms with E-state index in [-0.39, 0.29) is 11.7 Å². The maximum absolute atomic E-state index is 13.4. The average Bonchev–Trinajstić information content (AvgIpc) is 2.39. The number of anilines is 2. The molecule has 0 aliphatic rings. The Hall–Kier alpha value is -2.43. The van der Waals surface area contributed by atoms with Gasteiger partial charge in [0.15, 0.2) is 0 Å². The highest BCUT2D eigenvalue weighted by Gasteiger charge is 2.17. The van der Waals surface area contributed by atoms with Crippen molar-refractivity contribution in [1.82, 2.24) is 4.98 Å². The number of nitrogens with two attached hydrogens (primary N) is 1. The second-order valence-corrected chi connectivity index (χ2v) is 4.46. The quantitative estimate of drug-likeness (QED) is 0.664. The van der Waals surface area contributed by atoms with Crippen molar-refractivity contribution in [3.63, 3.8) is 0 Å². The van der Waals surface area contributed by atoms with Gasteiger partial charge in [0, 0.05) is 18.4 Å². The molecule has 0 atom stereocenters. The van der Waals surface area contributed by atoms with E-state index in [0.717, 1.165) is 5.56 Å². The highest BCUT2D eigenvalue weighted by atomic mass is 19.1. The van der Waals surface area contributed by atoms with Crippen LogP contribution in [0.3, 0.4) is 0 Å². The lowest BCUT2D eigenvalue weighted by Crippen LogP contribution is -2.24. The first-order valence-electron chi connectivity index (χ1n) is 6.37. The molecule has 5 heteroatoms. The Morgan fingerprint density at radius 2 is 2.15 bits per heavy atom. The van der Waals surface area contributed by atoms with E-state index >= 15 is 0 Å². The molecule has 0 bridgehead atoms. The van der Waals surface area contributed by atoms with Crippen LogP contribution in [0.5, 0.6) is 0 Å². The molecule has 3 N–H and O–H groups in total. The van der Waals surface area contributed by atoms with E-state index < -0.39 is 0 Å². The van der Waals surface area contributed by atoms with E-state index in [4.69, 9.17) is 11.1 Å². The number of benzene rings is 1. The lowest BCUT2D eigenvalue weighted by molar-refractivity contribution is 0.627. The van der Waals surface area contributed by atoms with Crippen molar-refractivity contribution in [2.24, 2.45) is 5.73 Å². The van der Waals surface area contributed by atoms with Gasteiger partial charge in [0.25, 0.3) is 0 Å². The van der Waals surface area contributed by atoms with Gasteiger partial charge in [-0.3, -0.25) is 5.41 Å². The van der Waals surface area contributed by atoms with Crippen molar-refractivity contribution in [2.45, 2.75) is 13.8 Å². The molecule has 104 valence electrons. The first-order chi connectivity index (χ1) is 9.54. The highest BCUT2D eigenvalue weighted by Crippen LogP contribution is 2.28. The number of rotatable bonds is 4. The zero-order chi connectivity index (χ0) is 14.7. The average molecular weight is 272 g/mol. The molecule has 1 aromatic carbocycles. The molecule has 0 saturated heterocycles. The van der Waals surface area contributed by atoms with Gasteiger partial charge >= 0.3 is 0 Å². The van der Waals surface area contributed by atoms with E-state index in [1.807, 2.05) is 18.7 Å². The van der Waals surface area contributed by atoms with E-state index in [9.17, 15) is 4.39 Å². The number of nitrogens with one attached hydrogen (secondary N) is 1. The molecular weight excluding hydrogens is 255 g/mol. The second-order valence-electron chi connectivity index (χ2n) is 4.46. The van der Waals surface area contributed by atoms with Gasteiger partial charge in [-0.1, -0.05) is 6.07 Å². The van der Waals surface area contributed by atoms with Crippen LogP contribution in [0.15, 0.2) is 36.5 Å². The first kappa shape index (κ1) is 14.0. The molecule has 4 nitrogen and oxygen atoms in total. The van der Waals surface area contributed by atoms with Crippen LogP contribution in [0.2, 0.25) is 0 Å². The summed E-state index contributed by atoms with van der Waals surface area (Å²) in [6.45, 7) is 4.42. The lowest BCUT2D eigenvalue weighted by atomic mass is 10.1. The lowest BCUT2D eigenvalue weighted by Gasteiger charge is -2.25. The maximum Gasteiger partial charge on any atom is 0.144 e. The van der Waals surface area contributed by atoms with Crippen LogP contribution in [0, 0.1) is 18.2 Å². The minimum absolute atomic E-state index is 0.0412.